The van der Waals surface area contributed by atoms with E-state index in [1.807, 2.05) is 24.3 Å². The number of carbonyl (C=O) groups excluding carboxylic acids is 1. The maximum atomic E-state index is 11.8. The summed E-state index contributed by atoms with van der Waals surface area (Å²) in [6, 6.07) is 7.93. The van der Waals surface area contributed by atoms with Gasteiger partial charge >= 0.3 is 5.97 Å². The molecule has 1 aliphatic rings. The van der Waals surface area contributed by atoms with Gasteiger partial charge in [-0.25, -0.2) is 0 Å². The standard InChI is InChI=1S/C13H14O3/c14-12(7-8-13(15)16)11-6-5-9-3-1-2-4-10(9)11/h1-4,11H,5-8H2,(H,15,16). The van der Waals surface area contributed by atoms with Gasteiger partial charge in [-0.05, 0) is 24.0 Å². The zero-order chi connectivity index (χ0) is 11.5. The number of benzene rings is 1. The van der Waals surface area contributed by atoms with Crippen LogP contribution in [0.2, 0.25) is 0 Å². The monoisotopic (exact) mass is 218 g/mol. The summed E-state index contributed by atoms with van der Waals surface area (Å²) in [4.78, 5) is 22.3. The average Bonchev–Trinajstić information content (AvgIpc) is 2.69. The lowest BCUT2D eigenvalue weighted by Gasteiger charge is -2.09. The quantitative estimate of drug-likeness (QED) is 0.842. The summed E-state index contributed by atoms with van der Waals surface area (Å²) in [6.07, 6.45) is 1.85. The van der Waals surface area contributed by atoms with E-state index in [2.05, 4.69) is 0 Å². The number of carboxylic acids is 1. The van der Waals surface area contributed by atoms with Crippen LogP contribution in [0.25, 0.3) is 0 Å². The van der Waals surface area contributed by atoms with Gasteiger partial charge in [0.25, 0.3) is 0 Å². The Labute approximate surface area is 94.1 Å². The number of rotatable bonds is 4. The summed E-state index contributed by atoms with van der Waals surface area (Å²) in [6.45, 7) is 0. The number of aryl methyl sites for hydroxylation is 1. The molecule has 0 radical (unpaired) electrons. The molecule has 1 aromatic rings. The van der Waals surface area contributed by atoms with Gasteiger partial charge < -0.3 is 5.11 Å². The lowest BCUT2D eigenvalue weighted by Crippen LogP contribution is -2.11. The molecule has 1 N–H and O–H groups in total. The SMILES string of the molecule is O=C(O)CCC(=O)C1CCc2ccccc21. The number of hydrogen-bond acceptors (Lipinski definition) is 2. The van der Waals surface area contributed by atoms with Crippen molar-refractivity contribution in [3.05, 3.63) is 35.4 Å². The fourth-order valence-corrected chi connectivity index (χ4v) is 2.30. The molecule has 0 heterocycles. The highest BCUT2D eigenvalue weighted by molar-refractivity contribution is 5.89. The third-order valence-corrected chi connectivity index (χ3v) is 3.11. The summed E-state index contributed by atoms with van der Waals surface area (Å²) < 4.78 is 0. The second kappa shape index (κ2) is 4.47. The molecule has 16 heavy (non-hydrogen) atoms. The summed E-state index contributed by atoms with van der Waals surface area (Å²) in [5, 5.41) is 8.55. The van der Waals surface area contributed by atoms with Gasteiger partial charge in [-0.2, -0.15) is 0 Å². The molecule has 0 spiro atoms. The second-order valence-corrected chi connectivity index (χ2v) is 4.15. The molecule has 84 valence electrons. The van der Waals surface area contributed by atoms with E-state index in [0.717, 1.165) is 18.4 Å². The van der Waals surface area contributed by atoms with Crippen molar-refractivity contribution in [2.75, 3.05) is 0 Å². The Balaban J connectivity index is 2.07. The van der Waals surface area contributed by atoms with Crippen molar-refractivity contribution in [3.63, 3.8) is 0 Å². The first-order chi connectivity index (χ1) is 7.68. The van der Waals surface area contributed by atoms with E-state index in [1.165, 1.54) is 5.56 Å². The number of carbonyl (C=O) groups is 2. The van der Waals surface area contributed by atoms with E-state index >= 15 is 0 Å². The first-order valence-electron chi connectivity index (χ1n) is 5.51. The fraction of sp³-hybridized carbons (Fsp3) is 0.385. The molecule has 1 aliphatic carbocycles. The molecule has 0 saturated carbocycles. The number of carboxylic acid groups (broad SMARTS) is 1. The molecular formula is C13H14O3. The molecule has 1 unspecified atom stereocenters. The van der Waals surface area contributed by atoms with Crippen LogP contribution in [0.3, 0.4) is 0 Å². The predicted octanol–water partition coefficient (Wildman–Crippen LogP) is 2.15. The third kappa shape index (κ3) is 2.13. The van der Waals surface area contributed by atoms with Crippen molar-refractivity contribution in [2.45, 2.75) is 31.6 Å². The van der Waals surface area contributed by atoms with Crippen molar-refractivity contribution in [1.29, 1.82) is 0 Å². The molecule has 1 atom stereocenters. The van der Waals surface area contributed by atoms with Crippen molar-refractivity contribution in [3.8, 4) is 0 Å². The molecule has 0 aromatic heterocycles. The molecule has 0 amide bonds. The van der Waals surface area contributed by atoms with Crippen LogP contribution in [0, 0.1) is 0 Å². The van der Waals surface area contributed by atoms with Crippen molar-refractivity contribution >= 4 is 11.8 Å². The van der Waals surface area contributed by atoms with Crippen molar-refractivity contribution < 1.29 is 14.7 Å². The van der Waals surface area contributed by atoms with E-state index in [-0.39, 0.29) is 24.5 Å². The van der Waals surface area contributed by atoms with E-state index in [4.69, 9.17) is 5.11 Å². The molecule has 0 aliphatic heterocycles. The topological polar surface area (TPSA) is 54.4 Å². The van der Waals surface area contributed by atoms with Crippen LogP contribution >= 0.6 is 0 Å². The first kappa shape index (κ1) is 10.9. The van der Waals surface area contributed by atoms with Crippen LogP contribution in [0.4, 0.5) is 0 Å². The average molecular weight is 218 g/mol. The predicted molar refractivity (Wildman–Crippen MR) is 59.4 cm³/mol. The van der Waals surface area contributed by atoms with Gasteiger partial charge in [-0.15, -0.1) is 0 Å². The summed E-state index contributed by atoms with van der Waals surface area (Å²) in [5.74, 6) is -0.914. The number of Topliss-reactive ketones (excluding diaryl/α,β-unsaturated/α-hetero) is 1. The molecule has 3 heteroatoms. The maximum Gasteiger partial charge on any atom is 0.303 e. The van der Waals surface area contributed by atoms with E-state index in [9.17, 15) is 9.59 Å². The Morgan fingerprint density at radius 3 is 2.75 bits per heavy atom. The highest BCUT2D eigenvalue weighted by atomic mass is 16.4. The Hall–Kier alpha value is -1.64. The van der Waals surface area contributed by atoms with E-state index < -0.39 is 5.97 Å². The van der Waals surface area contributed by atoms with Gasteiger partial charge in [0.15, 0.2) is 0 Å². The second-order valence-electron chi connectivity index (χ2n) is 4.15. The number of ketones is 1. The van der Waals surface area contributed by atoms with Crippen LogP contribution in [0.5, 0.6) is 0 Å². The van der Waals surface area contributed by atoms with Gasteiger partial charge in [0.2, 0.25) is 0 Å². The van der Waals surface area contributed by atoms with Crippen molar-refractivity contribution in [2.24, 2.45) is 0 Å². The minimum Gasteiger partial charge on any atom is -0.481 e. The minimum absolute atomic E-state index is 0.0580. The van der Waals surface area contributed by atoms with Crippen LogP contribution in [-0.4, -0.2) is 16.9 Å². The smallest absolute Gasteiger partial charge is 0.303 e. The molecular weight excluding hydrogens is 204 g/mol. The maximum absolute atomic E-state index is 11.8. The third-order valence-electron chi connectivity index (χ3n) is 3.11. The zero-order valence-electron chi connectivity index (χ0n) is 8.98. The molecule has 0 fully saturated rings. The van der Waals surface area contributed by atoms with Crippen LogP contribution in [0.1, 0.15) is 36.3 Å². The Morgan fingerprint density at radius 2 is 2.00 bits per heavy atom. The van der Waals surface area contributed by atoms with Gasteiger partial charge in [0, 0.05) is 12.3 Å². The Kier molecular flexibility index (Phi) is 3.04. The molecule has 0 saturated heterocycles. The van der Waals surface area contributed by atoms with E-state index in [0.29, 0.717) is 0 Å². The van der Waals surface area contributed by atoms with Crippen LogP contribution in [-0.2, 0) is 16.0 Å². The molecule has 1 aromatic carbocycles. The highest BCUT2D eigenvalue weighted by Crippen LogP contribution is 2.34. The lowest BCUT2D eigenvalue weighted by atomic mass is 9.94. The summed E-state index contributed by atoms with van der Waals surface area (Å²) in [5.41, 5.74) is 2.33. The van der Waals surface area contributed by atoms with Gasteiger partial charge in [-0.1, -0.05) is 24.3 Å². The first-order valence-corrected chi connectivity index (χ1v) is 5.51. The fourth-order valence-electron chi connectivity index (χ4n) is 2.30. The lowest BCUT2D eigenvalue weighted by molar-refractivity contribution is -0.138. The normalized spacial score (nSPS) is 18.1. The minimum atomic E-state index is -0.903. The number of hydrogen-bond donors (Lipinski definition) is 1. The van der Waals surface area contributed by atoms with Crippen molar-refractivity contribution in [1.82, 2.24) is 0 Å². The number of fused-ring (bicyclic) bond motifs is 1. The summed E-state index contributed by atoms with van der Waals surface area (Å²) in [7, 11) is 0. The van der Waals surface area contributed by atoms with Crippen LogP contribution < -0.4 is 0 Å². The Bertz CT molecular complexity index is 423. The molecule has 3 nitrogen and oxygen atoms in total. The number of aliphatic carboxylic acids is 1. The largest absolute Gasteiger partial charge is 0.481 e. The van der Waals surface area contributed by atoms with Crippen LogP contribution in [0.15, 0.2) is 24.3 Å². The molecule has 2 rings (SSSR count). The van der Waals surface area contributed by atoms with Gasteiger partial charge in [0.1, 0.15) is 5.78 Å². The van der Waals surface area contributed by atoms with Gasteiger partial charge in [0.05, 0.1) is 6.42 Å². The highest BCUT2D eigenvalue weighted by Gasteiger charge is 2.27. The Morgan fingerprint density at radius 1 is 1.25 bits per heavy atom. The zero-order valence-corrected chi connectivity index (χ0v) is 8.98. The van der Waals surface area contributed by atoms with E-state index in [1.54, 1.807) is 0 Å². The molecule has 0 bridgehead atoms. The summed E-state index contributed by atoms with van der Waals surface area (Å²) >= 11 is 0. The van der Waals surface area contributed by atoms with Gasteiger partial charge in [-0.3, -0.25) is 9.59 Å².